The quantitative estimate of drug-likeness (QED) is 0.722. The lowest BCUT2D eigenvalue weighted by atomic mass is 9.94. The van der Waals surface area contributed by atoms with Crippen molar-refractivity contribution in [2.75, 3.05) is 33.3 Å². The Kier molecular flexibility index (Phi) is 3.42. The molecule has 0 saturated carbocycles. The fourth-order valence-electron chi connectivity index (χ4n) is 2.72. The molecule has 0 aromatic heterocycles. The lowest BCUT2D eigenvalue weighted by Gasteiger charge is -2.24. The van der Waals surface area contributed by atoms with Gasteiger partial charge in [0, 0.05) is 32.8 Å². The first kappa shape index (κ1) is 10.4. The van der Waals surface area contributed by atoms with Crippen molar-refractivity contribution in [2.45, 2.75) is 31.9 Å². The van der Waals surface area contributed by atoms with E-state index in [1.165, 1.54) is 32.5 Å². The van der Waals surface area contributed by atoms with Crippen LogP contribution < -0.4 is 5.32 Å². The molecule has 0 amide bonds. The Hall–Kier alpha value is -0.120. The van der Waals surface area contributed by atoms with Gasteiger partial charge in [-0.3, -0.25) is 4.90 Å². The second kappa shape index (κ2) is 4.60. The molecular weight excluding hydrogens is 176 g/mol. The maximum Gasteiger partial charge on any atom is 0.0670 e. The highest BCUT2D eigenvalue weighted by atomic mass is 16.5. The van der Waals surface area contributed by atoms with E-state index in [2.05, 4.69) is 17.1 Å². The Morgan fingerprint density at radius 3 is 3.07 bits per heavy atom. The fraction of sp³-hybridized carbons (Fsp3) is 1.00. The summed E-state index contributed by atoms with van der Waals surface area (Å²) in [6.07, 6.45) is 3.14. The van der Waals surface area contributed by atoms with Crippen molar-refractivity contribution in [3.63, 3.8) is 0 Å². The van der Waals surface area contributed by atoms with Gasteiger partial charge in [0.2, 0.25) is 0 Å². The molecule has 3 heteroatoms. The molecule has 0 bridgehead atoms. The monoisotopic (exact) mass is 198 g/mol. The van der Waals surface area contributed by atoms with Crippen molar-refractivity contribution in [1.82, 2.24) is 10.2 Å². The van der Waals surface area contributed by atoms with Crippen molar-refractivity contribution < 1.29 is 4.74 Å². The summed E-state index contributed by atoms with van der Waals surface area (Å²) in [5.41, 5.74) is 0. The number of hydrogen-bond donors (Lipinski definition) is 1. The summed E-state index contributed by atoms with van der Waals surface area (Å²) >= 11 is 0. The number of methoxy groups -OCH3 is 1. The van der Waals surface area contributed by atoms with Crippen LogP contribution in [0.3, 0.4) is 0 Å². The number of piperidine rings is 1. The molecule has 14 heavy (non-hydrogen) atoms. The molecule has 2 aliphatic rings. The summed E-state index contributed by atoms with van der Waals surface area (Å²) in [5, 5.41) is 3.62. The molecule has 0 aromatic carbocycles. The molecule has 3 nitrogen and oxygen atoms in total. The normalized spacial score (nSPS) is 35.6. The summed E-state index contributed by atoms with van der Waals surface area (Å²) in [7, 11) is 1.80. The highest BCUT2D eigenvalue weighted by molar-refractivity contribution is 4.92. The Morgan fingerprint density at radius 2 is 2.36 bits per heavy atom. The zero-order valence-electron chi connectivity index (χ0n) is 9.33. The Balaban J connectivity index is 1.80. The molecule has 2 heterocycles. The van der Waals surface area contributed by atoms with E-state index in [0.29, 0.717) is 6.10 Å². The number of ether oxygens (including phenoxy) is 1. The number of hydrogen-bond acceptors (Lipinski definition) is 3. The van der Waals surface area contributed by atoms with Crippen LogP contribution in [0.5, 0.6) is 0 Å². The van der Waals surface area contributed by atoms with E-state index in [9.17, 15) is 0 Å². The van der Waals surface area contributed by atoms with Gasteiger partial charge in [-0.1, -0.05) is 0 Å². The van der Waals surface area contributed by atoms with Gasteiger partial charge in [-0.25, -0.2) is 0 Å². The van der Waals surface area contributed by atoms with Crippen LogP contribution >= 0.6 is 0 Å². The minimum atomic E-state index is 0.371. The minimum Gasteiger partial charge on any atom is -0.380 e. The van der Waals surface area contributed by atoms with Gasteiger partial charge < -0.3 is 10.1 Å². The van der Waals surface area contributed by atoms with Gasteiger partial charge in [0.25, 0.3) is 0 Å². The third-order valence-electron chi connectivity index (χ3n) is 3.59. The van der Waals surface area contributed by atoms with Gasteiger partial charge in [-0.2, -0.15) is 0 Å². The minimum absolute atomic E-state index is 0.371. The molecule has 2 rings (SSSR count). The summed E-state index contributed by atoms with van der Waals surface area (Å²) in [6, 6.07) is 0.757. The van der Waals surface area contributed by atoms with E-state index in [-0.39, 0.29) is 0 Å². The lowest BCUT2D eigenvalue weighted by molar-refractivity contribution is 0.0837. The fourth-order valence-corrected chi connectivity index (χ4v) is 2.72. The van der Waals surface area contributed by atoms with Crippen molar-refractivity contribution in [1.29, 1.82) is 0 Å². The topological polar surface area (TPSA) is 24.5 Å². The van der Waals surface area contributed by atoms with Crippen molar-refractivity contribution >= 4 is 0 Å². The molecule has 3 atom stereocenters. The van der Waals surface area contributed by atoms with Gasteiger partial charge >= 0.3 is 0 Å². The molecular formula is C11H22N2O. The summed E-state index contributed by atoms with van der Waals surface area (Å²) in [4.78, 5) is 2.54. The average molecular weight is 198 g/mol. The second-order valence-corrected chi connectivity index (χ2v) is 4.73. The highest BCUT2D eigenvalue weighted by Gasteiger charge is 2.34. The maximum atomic E-state index is 5.30. The molecule has 82 valence electrons. The van der Waals surface area contributed by atoms with Crippen LogP contribution in [-0.2, 0) is 4.74 Å². The molecule has 3 unspecified atom stereocenters. The largest absolute Gasteiger partial charge is 0.380 e. The molecule has 2 saturated heterocycles. The van der Waals surface area contributed by atoms with Crippen LogP contribution in [0.25, 0.3) is 0 Å². The first-order valence-electron chi connectivity index (χ1n) is 5.78. The first-order valence-corrected chi connectivity index (χ1v) is 5.78. The highest BCUT2D eigenvalue weighted by Crippen LogP contribution is 2.24. The Labute approximate surface area is 86.8 Å². The van der Waals surface area contributed by atoms with Gasteiger partial charge in [-0.05, 0) is 32.2 Å². The van der Waals surface area contributed by atoms with Crippen LogP contribution in [0.2, 0.25) is 0 Å². The zero-order valence-corrected chi connectivity index (χ0v) is 9.33. The summed E-state index contributed by atoms with van der Waals surface area (Å²) in [5.74, 6) is 0.896. The molecule has 0 spiro atoms. The third-order valence-corrected chi connectivity index (χ3v) is 3.59. The molecule has 0 aliphatic carbocycles. The van der Waals surface area contributed by atoms with Crippen molar-refractivity contribution in [2.24, 2.45) is 5.92 Å². The first-order chi connectivity index (χ1) is 6.79. The van der Waals surface area contributed by atoms with Crippen LogP contribution in [0.4, 0.5) is 0 Å². The lowest BCUT2D eigenvalue weighted by Crippen LogP contribution is -2.41. The van der Waals surface area contributed by atoms with Crippen LogP contribution in [-0.4, -0.2) is 50.3 Å². The van der Waals surface area contributed by atoms with Gasteiger partial charge in [0.05, 0.1) is 6.10 Å². The third kappa shape index (κ3) is 2.27. The van der Waals surface area contributed by atoms with E-state index >= 15 is 0 Å². The Morgan fingerprint density at radius 1 is 1.50 bits per heavy atom. The van der Waals surface area contributed by atoms with Gasteiger partial charge in [-0.15, -0.1) is 0 Å². The van der Waals surface area contributed by atoms with Gasteiger partial charge in [0.15, 0.2) is 0 Å². The van der Waals surface area contributed by atoms with E-state index in [0.717, 1.165) is 18.5 Å². The number of likely N-dealkylation sites (tertiary alicyclic amines) is 1. The molecule has 1 N–H and O–H groups in total. The molecule has 2 aliphatic heterocycles. The predicted octanol–water partition coefficient (Wildman–Crippen LogP) is 0.705. The van der Waals surface area contributed by atoms with E-state index in [4.69, 9.17) is 4.74 Å². The van der Waals surface area contributed by atoms with E-state index in [1.807, 2.05) is 0 Å². The number of rotatable bonds is 3. The number of nitrogens with zero attached hydrogens (tertiary/aromatic N) is 1. The zero-order chi connectivity index (χ0) is 9.97. The number of fused-ring (bicyclic) bond motifs is 1. The standard InChI is InChI=1S/C11H22N2O/c1-9(14-2)6-13-7-10-4-3-5-12-11(10)8-13/h9-12H,3-8H2,1-2H3. The SMILES string of the molecule is COC(C)CN1CC2CCCNC2C1. The van der Waals surface area contributed by atoms with E-state index < -0.39 is 0 Å². The summed E-state index contributed by atoms with van der Waals surface area (Å²) < 4.78 is 5.30. The molecule has 0 aromatic rings. The van der Waals surface area contributed by atoms with E-state index in [1.54, 1.807) is 7.11 Å². The van der Waals surface area contributed by atoms with Crippen molar-refractivity contribution in [3.05, 3.63) is 0 Å². The van der Waals surface area contributed by atoms with Crippen LogP contribution in [0.15, 0.2) is 0 Å². The number of nitrogens with one attached hydrogen (secondary N) is 1. The Bertz CT molecular complexity index is 172. The molecule has 2 fully saturated rings. The predicted molar refractivity (Wildman–Crippen MR) is 57.4 cm³/mol. The summed E-state index contributed by atoms with van der Waals surface area (Å²) in [6.45, 7) is 6.94. The average Bonchev–Trinajstić information content (AvgIpc) is 2.59. The molecule has 0 radical (unpaired) electrons. The second-order valence-electron chi connectivity index (χ2n) is 4.73. The van der Waals surface area contributed by atoms with Gasteiger partial charge in [0.1, 0.15) is 0 Å². The smallest absolute Gasteiger partial charge is 0.0670 e. The van der Waals surface area contributed by atoms with Crippen LogP contribution in [0, 0.1) is 5.92 Å². The van der Waals surface area contributed by atoms with Crippen LogP contribution in [0.1, 0.15) is 19.8 Å². The van der Waals surface area contributed by atoms with Crippen molar-refractivity contribution in [3.8, 4) is 0 Å². The maximum absolute atomic E-state index is 5.30.